The Bertz CT molecular complexity index is 327. The second-order valence-electron chi connectivity index (χ2n) is 2.79. The molecule has 0 saturated heterocycles. The van der Waals surface area contributed by atoms with Crippen molar-refractivity contribution >= 4 is 11.8 Å². The number of nitrogens with two attached hydrogens (primary N) is 2. The van der Waals surface area contributed by atoms with Crippen LogP contribution in [0, 0.1) is 12.3 Å². The van der Waals surface area contributed by atoms with Crippen molar-refractivity contribution in [1.82, 2.24) is 0 Å². The highest BCUT2D eigenvalue weighted by atomic mass is 16.3. The van der Waals surface area contributed by atoms with E-state index in [2.05, 4.69) is 19.1 Å². The molecule has 0 atom stereocenters. The van der Waals surface area contributed by atoms with Crippen LogP contribution in [0.15, 0.2) is 24.3 Å². The number of carbonyl (C=O) groups is 2. The molecule has 0 aliphatic heterocycles. The molecule has 0 unspecified atom stereocenters. The zero-order valence-electron chi connectivity index (χ0n) is 9.03. The van der Waals surface area contributed by atoms with E-state index in [1.54, 1.807) is 0 Å². The van der Waals surface area contributed by atoms with Gasteiger partial charge in [-0.2, -0.15) is 0 Å². The number of terminal acetylenes is 1. The second kappa shape index (κ2) is 9.49. The van der Waals surface area contributed by atoms with Gasteiger partial charge < -0.3 is 16.6 Å². The molecule has 88 valence electrons. The Labute approximate surface area is 94.8 Å². The summed E-state index contributed by atoms with van der Waals surface area (Å²) in [5, 5.41) is 8.22. The summed E-state index contributed by atoms with van der Waals surface area (Å²) in [7, 11) is 0. The molecule has 0 spiro atoms. The summed E-state index contributed by atoms with van der Waals surface area (Å²) in [6.45, 7) is 6.57. The number of aliphatic hydroxyl groups is 1. The van der Waals surface area contributed by atoms with Gasteiger partial charge in [0.05, 0.1) is 0 Å². The van der Waals surface area contributed by atoms with Gasteiger partial charge in [0.25, 0.3) is 0 Å². The predicted octanol–water partition coefficient (Wildman–Crippen LogP) is -0.538. The van der Waals surface area contributed by atoms with E-state index in [1.165, 1.54) is 0 Å². The smallest absolute Gasteiger partial charge is 0.244 e. The lowest BCUT2D eigenvalue weighted by Gasteiger charge is -1.93. The molecule has 0 rings (SSSR count). The van der Waals surface area contributed by atoms with Crippen LogP contribution < -0.4 is 11.5 Å². The van der Waals surface area contributed by atoms with Crippen LogP contribution in [0.3, 0.4) is 0 Å². The van der Waals surface area contributed by atoms with Crippen LogP contribution in [-0.2, 0) is 9.59 Å². The highest BCUT2D eigenvalue weighted by molar-refractivity contribution is 5.91. The van der Waals surface area contributed by atoms with Crippen molar-refractivity contribution < 1.29 is 14.7 Å². The number of carbonyl (C=O) groups excluding carboxylic acids is 2. The third-order valence-electron chi connectivity index (χ3n) is 1.43. The molecule has 0 aliphatic carbocycles. The van der Waals surface area contributed by atoms with Crippen molar-refractivity contribution in [2.24, 2.45) is 11.5 Å². The van der Waals surface area contributed by atoms with Gasteiger partial charge in [0.15, 0.2) is 0 Å². The van der Waals surface area contributed by atoms with Gasteiger partial charge in [-0.15, -0.1) is 12.3 Å². The number of hydrogen-bond acceptors (Lipinski definition) is 3. The Balaban J connectivity index is 0. The minimum atomic E-state index is -0.543. The zero-order valence-corrected chi connectivity index (χ0v) is 9.03. The summed E-state index contributed by atoms with van der Waals surface area (Å²) in [4.78, 5) is 20.2. The van der Waals surface area contributed by atoms with Crippen molar-refractivity contribution in [3.8, 4) is 12.3 Å². The van der Waals surface area contributed by atoms with Gasteiger partial charge in [0, 0.05) is 30.6 Å². The summed E-state index contributed by atoms with van der Waals surface area (Å²) in [5.74, 6) is 1.18. The molecule has 5 N–H and O–H groups in total. The first kappa shape index (κ1) is 16.4. The van der Waals surface area contributed by atoms with Crippen LogP contribution >= 0.6 is 0 Å². The highest BCUT2D eigenvalue weighted by Crippen LogP contribution is 1.92. The maximum atomic E-state index is 10.1. The number of rotatable bonds is 5. The molecule has 0 saturated carbocycles. The van der Waals surface area contributed by atoms with Crippen molar-refractivity contribution in [1.29, 1.82) is 0 Å². The third-order valence-corrected chi connectivity index (χ3v) is 1.43. The average molecular weight is 224 g/mol. The Morgan fingerprint density at radius 1 is 1.19 bits per heavy atom. The summed E-state index contributed by atoms with van der Waals surface area (Å²) in [6.07, 6.45) is 5.37. The number of aliphatic hydroxyl groups excluding tert-OH is 1. The molecule has 5 nitrogen and oxygen atoms in total. The summed E-state index contributed by atoms with van der Waals surface area (Å²) >= 11 is 0. The Hall–Kier alpha value is -2.06. The number of primary amides is 2. The minimum absolute atomic E-state index is 0.0677. The molecular formula is C11H16N2O3. The quantitative estimate of drug-likeness (QED) is 0.431. The summed E-state index contributed by atoms with van der Waals surface area (Å²) in [6, 6.07) is 0. The van der Waals surface area contributed by atoms with Crippen molar-refractivity contribution in [3.05, 3.63) is 24.3 Å². The van der Waals surface area contributed by atoms with E-state index in [0.717, 1.165) is 0 Å². The first-order chi connectivity index (χ1) is 7.36. The van der Waals surface area contributed by atoms with Gasteiger partial charge in [-0.1, -0.05) is 13.2 Å². The van der Waals surface area contributed by atoms with Crippen LogP contribution in [0.1, 0.15) is 12.8 Å². The average Bonchev–Trinajstić information content (AvgIpc) is 2.19. The monoisotopic (exact) mass is 224 g/mol. The SMILES string of the molecule is C#CCC(=C)C(N)=O.C=C(CCO)C(N)=O. The molecule has 0 aromatic heterocycles. The van der Waals surface area contributed by atoms with Crippen LogP contribution in [0.25, 0.3) is 0 Å². The van der Waals surface area contributed by atoms with Crippen LogP contribution in [0.2, 0.25) is 0 Å². The van der Waals surface area contributed by atoms with Crippen LogP contribution in [0.5, 0.6) is 0 Å². The van der Waals surface area contributed by atoms with E-state index in [0.29, 0.717) is 0 Å². The molecule has 0 heterocycles. The van der Waals surface area contributed by atoms with Crippen molar-refractivity contribution in [3.63, 3.8) is 0 Å². The Kier molecular flexibility index (Phi) is 9.71. The molecule has 0 bridgehead atoms. The molecule has 2 amide bonds. The lowest BCUT2D eigenvalue weighted by molar-refractivity contribution is -0.115. The van der Waals surface area contributed by atoms with E-state index in [1.807, 2.05) is 0 Å². The molecule has 5 heteroatoms. The molecule has 0 radical (unpaired) electrons. The zero-order chi connectivity index (χ0) is 13.1. The van der Waals surface area contributed by atoms with Crippen LogP contribution in [-0.4, -0.2) is 23.5 Å². The molecular weight excluding hydrogens is 208 g/mol. The highest BCUT2D eigenvalue weighted by Gasteiger charge is 1.97. The van der Waals surface area contributed by atoms with Gasteiger partial charge in [0.1, 0.15) is 0 Å². The van der Waals surface area contributed by atoms with Gasteiger partial charge in [-0.3, -0.25) is 9.59 Å². The largest absolute Gasteiger partial charge is 0.396 e. The first-order valence-electron chi connectivity index (χ1n) is 4.36. The van der Waals surface area contributed by atoms with Crippen molar-refractivity contribution in [2.75, 3.05) is 6.61 Å². The maximum Gasteiger partial charge on any atom is 0.244 e. The van der Waals surface area contributed by atoms with E-state index >= 15 is 0 Å². The van der Waals surface area contributed by atoms with E-state index in [4.69, 9.17) is 23.0 Å². The van der Waals surface area contributed by atoms with Gasteiger partial charge in [-0.25, -0.2) is 0 Å². The topological polar surface area (TPSA) is 106 Å². The summed E-state index contributed by atoms with van der Waals surface area (Å²) in [5.41, 5.74) is 10.1. The maximum absolute atomic E-state index is 10.1. The van der Waals surface area contributed by atoms with E-state index in [-0.39, 0.29) is 30.6 Å². The fraction of sp³-hybridized carbons (Fsp3) is 0.273. The molecule has 0 fully saturated rings. The normalized spacial score (nSPS) is 8.00. The van der Waals surface area contributed by atoms with E-state index < -0.39 is 11.8 Å². The fourth-order valence-corrected chi connectivity index (χ4v) is 0.468. The number of hydrogen-bond donors (Lipinski definition) is 3. The lowest BCUT2D eigenvalue weighted by Crippen LogP contribution is -2.13. The van der Waals surface area contributed by atoms with E-state index in [9.17, 15) is 9.59 Å². The molecule has 0 aliphatic rings. The Morgan fingerprint density at radius 3 is 1.75 bits per heavy atom. The minimum Gasteiger partial charge on any atom is -0.396 e. The van der Waals surface area contributed by atoms with Gasteiger partial charge in [0.2, 0.25) is 11.8 Å². The van der Waals surface area contributed by atoms with Crippen molar-refractivity contribution in [2.45, 2.75) is 12.8 Å². The summed E-state index contributed by atoms with van der Waals surface area (Å²) < 4.78 is 0. The van der Waals surface area contributed by atoms with Gasteiger partial charge >= 0.3 is 0 Å². The van der Waals surface area contributed by atoms with Crippen LogP contribution in [0.4, 0.5) is 0 Å². The first-order valence-corrected chi connectivity index (χ1v) is 4.36. The fourth-order valence-electron chi connectivity index (χ4n) is 0.468. The predicted molar refractivity (Wildman–Crippen MR) is 61.8 cm³/mol. The molecule has 0 aromatic carbocycles. The lowest BCUT2D eigenvalue weighted by atomic mass is 10.2. The second-order valence-corrected chi connectivity index (χ2v) is 2.79. The Morgan fingerprint density at radius 2 is 1.62 bits per heavy atom. The molecule has 0 aromatic rings. The molecule has 16 heavy (non-hydrogen) atoms. The standard InChI is InChI=1S/C6H7NO.C5H9NO2/c1-3-4-5(2)6(7)8;1-4(2-3-7)5(6)8/h1H,2,4H2,(H2,7,8);7H,1-3H2,(H2,6,8). The number of amides is 2. The third kappa shape index (κ3) is 10.0. The van der Waals surface area contributed by atoms with Gasteiger partial charge in [-0.05, 0) is 0 Å².